The third kappa shape index (κ3) is 5.71. The van der Waals surface area contributed by atoms with Gasteiger partial charge < -0.3 is 10.0 Å². The van der Waals surface area contributed by atoms with Gasteiger partial charge in [-0.1, -0.05) is 81.1 Å². The van der Waals surface area contributed by atoms with Crippen LogP contribution in [0.3, 0.4) is 0 Å². The van der Waals surface area contributed by atoms with Gasteiger partial charge in [-0.15, -0.1) is 11.3 Å². The predicted molar refractivity (Wildman–Crippen MR) is 202 cm³/mol. The first-order chi connectivity index (χ1) is 24.4. The normalized spacial score (nSPS) is 18.5. The average Bonchev–Trinajstić information content (AvgIpc) is 3.90. The maximum absolute atomic E-state index is 13.5. The summed E-state index contributed by atoms with van der Waals surface area (Å²) < 4.78 is 0. The Hall–Kier alpha value is -5.07. The van der Waals surface area contributed by atoms with Gasteiger partial charge in [-0.05, 0) is 108 Å². The van der Waals surface area contributed by atoms with E-state index in [9.17, 15) is 19.5 Å². The van der Waals surface area contributed by atoms with Gasteiger partial charge in [-0.2, -0.15) is 0 Å². The number of aromatic carboxylic acids is 1. The van der Waals surface area contributed by atoms with Crippen molar-refractivity contribution in [2.24, 2.45) is 0 Å². The SMILES string of the molecule is CCCCCCc1cc(-c2ccc3c(c2)C2CCCC2N3c2ccc(-c3ccccc3)cc2)sc1/C=C1\C(=O)c2ccc(C(=O)O)cc2C1=O. The van der Waals surface area contributed by atoms with Gasteiger partial charge >= 0.3 is 5.97 Å². The third-order valence-electron chi connectivity index (χ3n) is 10.7. The fourth-order valence-corrected chi connectivity index (χ4v) is 9.31. The lowest BCUT2D eigenvalue weighted by molar-refractivity contribution is 0.0696. The number of unbranched alkanes of at least 4 members (excludes halogenated alkanes) is 3. The van der Waals surface area contributed by atoms with Crippen LogP contribution in [0.5, 0.6) is 0 Å². The predicted octanol–water partition coefficient (Wildman–Crippen LogP) is 11.2. The first kappa shape index (κ1) is 32.2. The summed E-state index contributed by atoms with van der Waals surface area (Å²) in [6.45, 7) is 2.20. The maximum Gasteiger partial charge on any atom is 0.335 e. The molecule has 0 radical (unpaired) electrons. The number of carboxylic acids is 1. The Morgan fingerprint density at radius 1 is 0.820 bits per heavy atom. The summed E-state index contributed by atoms with van der Waals surface area (Å²) in [6, 6.07) is 33.3. The largest absolute Gasteiger partial charge is 0.478 e. The molecule has 6 heteroatoms. The van der Waals surface area contributed by atoms with Crippen molar-refractivity contribution in [3.05, 3.63) is 135 Å². The minimum atomic E-state index is -1.12. The van der Waals surface area contributed by atoms with E-state index in [1.54, 1.807) is 17.4 Å². The van der Waals surface area contributed by atoms with Crippen LogP contribution in [0.1, 0.15) is 105 Å². The standard InChI is InChI=1S/C44H39NO4S/c1-2-3-4-6-12-29-25-40(50-41(29)26-37-42(46)34-21-17-31(44(48)49)24-36(34)43(37)47)30-18-22-39-35(23-30)33-13-9-14-38(33)45(39)32-19-15-28(16-20-32)27-10-7-5-8-11-27/h5,7-8,10-11,15-26,33,38H,2-4,6,9,12-14H2,1H3,(H,48,49)/b37-26+. The number of nitrogens with zero attached hydrogens (tertiary/aromatic N) is 1. The molecule has 250 valence electrons. The van der Waals surface area contributed by atoms with E-state index in [1.807, 2.05) is 6.07 Å². The van der Waals surface area contributed by atoms with Crippen LogP contribution in [-0.2, 0) is 6.42 Å². The maximum atomic E-state index is 13.5. The molecule has 2 unspecified atom stereocenters. The summed E-state index contributed by atoms with van der Waals surface area (Å²) in [5.41, 5.74) is 9.24. The summed E-state index contributed by atoms with van der Waals surface area (Å²) in [5, 5.41) is 9.46. The highest BCUT2D eigenvalue weighted by Gasteiger charge is 2.42. The average molecular weight is 678 g/mol. The van der Waals surface area contributed by atoms with Crippen LogP contribution in [0.15, 0.2) is 103 Å². The van der Waals surface area contributed by atoms with E-state index in [2.05, 4.69) is 84.6 Å². The van der Waals surface area contributed by atoms with Crippen LogP contribution in [0.4, 0.5) is 11.4 Å². The minimum Gasteiger partial charge on any atom is -0.478 e. The number of allylic oxidation sites excluding steroid dienone is 1. The van der Waals surface area contributed by atoms with Crippen molar-refractivity contribution >= 4 is 46.3 Å². The number of benzene rings is 4. The molecule has 50 heavy (non-hydrogen) atoms. The van der Waals surface area contributed by atoms with Gasteiger partial charge in [0.2, 0.25) is 0 Å². The van der Waals surface area contributed by atoms with Crippen molar-refractivity contribution in [3.63, 3.8) is 0 Å². The van der Waals surface area contributed by atoms with E-state index in [-0.39, 0.29) is 28.0 Å². The number of carboxylic acid groups (broad SMARTS) is 1. The molecule has 3 aliphatic rings. The lowest BCUT2D eigenvalue weighted by Gasteiger charge is -2.27. The number of carbonyl (C=O) groups excluding carboxylic acids is 2. The van der Waals surface area contributed by atoms with Crippen molar-refractivity contribution in [2.45, 2.75) is 70.3 Å². The second-order valence-corrected chi connectivity index (χ2v) is 14.8. The Bertz CT molecular complexity index is 2160. The van der Waals surface area contributed by atoms with Crippen LogP contribution in [0, 0.1) is 0 Å². The topological polar surface area (TPSA) is 74.7 Å². The number of hydrogen-bond donors (Lipinski definition) is 1. The quantitative estimate of drug-likeness (QED) is 0.0904. The molecule has 2 atom stereocenters. The van der Waals surface area contributed by atoms with Gasteiger partial charge in [0.15, 0.2) is 11.6 Å². The van der Waals surface area contributed by atoms with Crippen LogP contribution < -0.4 is 4.90 Å². The van der Waals surface area contributed by atoms with Gasteiger partial charge in [-0.3, -0.25) is 9.59 Å². The number of anilines is 2. The second kappa shape index (κ2) is 13.3. The summed E-state index contributed by atoms with van der Waals surface area (Å²) in [7, 11) is 0. The zero-order valence-electron chi connectivity index (χ0n) is 28.2. The van der Waals surface area contributed by atoms with Crippen LogP contribution in [0.25, 0.3) is 27.6 Å². The Morgan fingerprint density at radius 2 is 1.58 bits per heavy atom. The molecule has 8 rings (SSSR count). The first-order valence-corrected chi connectivity index (χ1v) is 18.6. The third-order valence-corrected chi connectivity index (χ3v) is 11.9. The smallest absolute Gasteiger partial charge is 0.335 e. The molecule has 2 aliphatic carbocycles. The Labute approximate surface area is 296 Å². The molecule has 0 spiro atoms. The second-order valence-electron chi connectivity index (χ2n) is 13.8. The van der Waals surface area contributed by atoms with Gasteiger partial charge in [0.05, 0.1) is 11.1 Å². The van der Waals surface area contributed by atoms with Crippen LogP contribution in [0.2, 0.25) is 0 Å². The molecule has 1 N–H and O–H groups in total. The molecular weight excluding hydrogens is 639 g/mol. The van der Waals surface area contributed by atoms with Gasteiger partial charge in [-0.25, -0.2) is 4.79 Å². The number of thiophene rings is 1. The van der Waals surface area contributed by atoms with Crippen molar-refractivity contribution in [3.8, 4) is 21.6 Å². The van der Waals surface area contributed by atoms with Crippen LogP contribution >= 0.6 is 11.3 Å². The van der Waals surface area contributed by atoms with E-state index in [0.29, 0.717) is 12.0 Å². The first-order valence-electron chi connectivity index (χ1n) is 17.8. The van der Waals surface area contributed by atoms with E-state index in [4.69, 9.17) is 0 Å². The van der Waals surface area contributed by atoms with Crippen molar-refractivity contribution in [2.75, 3.05) is 4.90 Å². The van der Waals surface area contributed by atoms with E-state index in [0.717, 1.165) is 41.0 Å². The van der Waals surface area contributed by atoms with Crippen molar-refractivity contribution in [1.29, 1.82) is 0 Å². The number of Topliss-reactive ketones (excluding diaryl/α,β-unsaturated/α-hetero) is 2. The summed E-state index contributed by atoms with van der Waals surface area (Å²) in [6.07, 6.45) is 10.7. The molecule has 4 aromatic carbocycles. The zero-order valence-corrected chi connectivity index (χ0v) is 29.0. The Kier molecular flexibility index (Phi) is 8.57. The highest BCUT2D eigenvalue weighted by atomic mass is 32.1. The van der Waals surface area contributed by atoms with Gasteiger partial charge in [0, 0.05) is 44.2 Å². The Morgan fingerprint density at radius 3 is 2.36 bits per heavy atom. The lowest BCUT2D eigenvalue weighted by atomic mass is 9.95. The number of fused-ring (bicyclic) bond motifs is 4. The monoisotopic (exact) mass is 677 g/mol. The molecule has 2 heterocycles. The summed E-state index contributed by atoms with van der Waals surface area (Å²) in [4.78, 5) is 43.1. The summed E-state index contributed by atoms with van der Waals surface area (Å²) in [5.74, 6) is -1.38. The number of aryl methyl sites for hydroxylation is 1. The fourth-order valence-electron chi connectivity index (χ4n) is 8.15. The molecule has 0 saturated heterocycles. The molecule has 1 fully saturated rings. The zero-order chi connectivity index (χ0) is 34.4. The molecule has 0 amide bonds. The highest BCUT2D eigenvalue weighted by molar-refractivity contribution is 7.16. The highest BCUT2D eigenvalue weighted by Crippen LogP contribution is 2.53. The van der Waals surface area contributed by atoms with Crippen molar-refractivity contribution in [1.82, 2.24) is 0 Å². The number of hydrogen-bond acceptors (Lipinski definition) is 5. The van der Waals surface area contributed by atoms with Gasteiger partial charge in [0.1, 0.15) is 0 Å². The summed E-state index contributed by atoms with van der Waals surface area (Å²) >= 11 is 1.63. The number of rotatable bonds is 10. The van der Waals surface area contributed by atoms with E-state index in [1.165, 1.54) is 77.5 Å². The van der Waals surface area contributed by atoms with E-state index < -0.39 is 11.8 Å². The minimum absolute atomic E-state index is 0.00468. The molecule has 1 aliphatic heterocycles. The van der Waals surface area contributed by atoms with Crippen molar-refractivity contribution < 1.29 is 19.5 Å². The number of carbonyl (C=O) groups is 3. The molecule has 5 aromatic rings. The van der Waals surface area contributed by atoms with Crippen LogP contribution in [-0.4, -0.2) is 28.7 Å². The van der Waals surface area contributed by atoms with E-state index >= 15 is 0 Å². The molecule has 5 nitrogen and oxygen atoms in total. The molecule has 0 bridgehead atoms. The molecule has 1 saturated carbocycles. The Balaban J connectivity index is 1.13. The number of ketones is 2. The lowest BCUT2D eigenvalue weighted by Crippen LogP contribution is -2.26. The molecule has 1 aromatic heterocycles. The molecular formula is C44H39NO4S. The fraction of sp³-hybridized carbons (Fsp3) is 0.250. The van der Waals surface area contributed by atoms with Gasteiger partial charge in [0.25, 0.3) is 0 Å².